The topological polar surface area (TPSA) is 78.9 Å². The Hall–Kier alpha value is -2.86. The monoisotopic (exact) mass is 382 g/mol. The van der Waals surface area contributed by atoms with E-state index < -0.39 is 0 Å². The first-order chi connectivity index (χ1) is 13.7. The van der Waals surface area contributed by atoms with Gasteiger partial charge in [0.1, 0.15) is 5.75 Å². The molecule has 2 aromatic rings. The van der Waals surface area contributed by atoms with Gasteiger partial charge in [-0.3, -0.25) is 9.59 Å². The Labute approximate surface area is 165 Å². The molecular formula is C22H26N2O4. The fraction of sp³-hybridized carbons (Fsp3) is 0.364. The summed E-state index contributed by atoms with van der Waals surface area (Å²) in [4.78, 5) is 25.5. The van der Waals surface area contributed by atoms with E-state index in [2.05, 4.69) is 5.32 Å². The van der Waals surface area contributed by atoms with Gasteiger partial charge < -0.3 is 20.1 Å². The van der Waals surface area contributed by atoms with Gasteiger partial charge in [-0.2, -0.15) is 0 Å². The highest BCUT2D eigenvalue weighted by Gasteiger charge is 2.16. The number of aliphatic hydroxyl groups is 1. The molecule has 0 spiro atoms. The van der Waals surface area contributed by atoms with Gasteiger partial charge in [0.05, 0.1) is 13.2 Å². The van der Waals surface area contributed by atoms with Gasteiger partial charge in [-0.1, -0.05) is 18.2 Å². The predicted octanol–water partition coefficient (Wildman–Crippen LogP) is 3.15. The van der Waals surface area contributed by atoms with E-state index in [-0.39, 0.29) is 18.4 Å². The maximum Gasteiger partial charge on any atom is 0.227 e. The maximum atomic E-state index is 12.5. The lowest BCUT2D eigenvalue weighted by Crippen LogP contribution is -2.33. The van der Waals surface area contributed by atoms with Gasteiger partial charge in [0.2, 0.25) is 11.8 Å². The van der Waals surface area contributed by atoms with Crippen molar-refractivity contribution in [3.63, 3.8) is 0 Å². The Morgan fingerprint density at radius 3 is 2.71 bits per heavy atom. The molecule has 2 N–H and O–H groups in total. The largest absolute Gasteiger partial charge is 0.494 e. The summed E-state index contributed by atoms with van der Waals surface area (Å²) >= 11 is 0. The van der Waals surface area contributed by atoms with Gasteiger partial charge in [-0.25, -0.2) is 0 Å². The first-order valence-electron chi connectivity index (χ1n) is 9.69. The molecule has 0 saturated carbocycles. The zero-order valence-electron chi connectivity index (χ0n) is 15.9. The molecule has 1 heterocycles. The molecule has 148 valence electrons. The van der Waals surface area contributed by atoms with Gasteiger partial charge in [0, 0.05) is 30.8 Å². The van der Waals surface area contributed by atoms with E-state index in [1.165, 1.54) is 0 Å². The van der Waals surface area contributed by atoms with Crippen LogP contribution in [-0.4, -0.2) is 36.7 Å². The molecule has 2 aromatic carbocycles. The highest BCUT2D eigenvalue weighted by atomic mass is 16.5. The number of para-hydroxylation sites is 1. The summed E-state index contributed by atoms with van der Waals surface area (Å²) in [7, 11) is 0. The molecule has 2 amide bonds. The molecule has 28 heavy (non-hydrogen) atoms. The van der Waals surface area contributed by atoms with Crippen LogP contribution in [0, 0.1) is 0 Å². The van der Waals surface area contributed by atoms with Gasteiger partial charge >= 0.3 is 0 Å². The van der Waals surface area contributed by atoms with Crippen molar-refractivity contribution in [2.45, 2.75) is 32.1 Å². The van der Waals surface area contributed by atoms with E-state index in [4.69, 9.17) is 4.74 Å². The van der Waals surface area contributed by atoms with Crippen molar-refractivity contribution in [3.05, 3.63) is 54.1 Å². The number of aliphatic hydroxyl groups excluding tert-OH is 1. The van der Waals surface area contributed by atoms with Crippen LogP contribution in [0.3, 0.4) is 0 Å². The first kappa shape index (κ1) is 19.9. The fourth-order valence-corrected chi connectivity index (χ4v) is 3.26. The van der Waals surface area contributed by atoms with E-state index in [1.54, 1.807) is 4.90 Å². The minimum absolute atomic E-state index is 0.00442. The molecule has 0 aliphatic carbocycles. The van der Waals surface area contributed by atoms with Crippen molar-refractivity contribution in [2.75, 3.05) is 30.0 Å². The quantitative estimate of drug-likeness (QED) is 0.653. The molecule has 0 aromatic heterocycles. The molecule has 0 saturated heterocycles. The van der Waals surface area contributed by atoms with Crippen LogP contribution < -0.4 is 15.0 Å². The average Bonchev–Trinajstić information content (AvgIpc) is 2.72. The molecule has 3 rings (SSSR count). The van der Waals surface area contributed by atoms with Gasteiger partial charge in [0.25, 0.3) is 0 Å². The Balaban J connectivity index is 1.43. The molecule has 0 atom stereocenters. The number of nitrogens with one attached hydrogen (secondary N) is 1. The summed E-state index contributed by atoms with van der Waals surface area (Å²) in [5.74, 6) is 0.841. The zero-order valence-corrected chi connectivity index (χ0v) is 15.9. The Bertz CT molecular complexity index is 807. The van der Waals surface area contributed by atoms with E-state index in [0.717, 1.165) is 35.5 Å². The standard InChI is InChI=1S/C22H26N2O4/c25-14-13-24(18-6-2-1-3-7-18)22(27)8-4-5-15-28-19-10-11-20-17(16-19)9-12-21(26)23-20/h1-3,6-7,10-11,16,25H,4-5,8-9,12-15H2,(H,23,26). The number of ether oxygens (including phenoxy) is 1. The van der Waals surface area contributed by atoms with Crippen LogP contribution >= 0.6 is 0 Å². The number of benzene rings is 2. The second-order valence-electron chi connectivity index (χ2n) is 6.78. The number of carbonyl (C=O) groups is 2. The Kier molecular flexibility index (Phi) is 7.03. The summed E-state index contributed by atoms with van der Waals surface area (Å²) in [6.07, 6.45) is 3.13. The molecule has 0 radical (unpaired) electrons. The number of carbonyl (C=O) groups excluding carboxylic acids is 2. The lowest BCUT2D eigenvalue weighted by atomic mass is 10.0. The Morgan fingerprint density at radius 1 is 1.11 bits per heavy atom. The van der Waals surface area contributed by atoms with Crippen LogP contribution in [0.5, 0.6) is 5.75 Å². The summed E-state index contributed by atoms with van der Waals surface area (Å²) in [5.41, 5.74) is 2.76. The van der Waals surface area contributed by atoms with Crippen molar-refractivity contribution in [3.8, 4) is 5.75 Å². The van der Waals surface area contributed by atoms with Gasteiger partial charge in [-0.15, -0.1) is 0 Å². The predicted molar refractivity (Wildman–Crippen MR) is 109 cm³/mol. The van der Waals surface area contributed by atoms with Crippen LogP contribution in [-0.2, 0) is 16.0 Å². The van der Waals surface area contributed by atoms with Crippen molar-refractivity contribution < 1.29 is 19.4 Å². The van der Waals surface area contributed by atoms with E-state index in [9.17, 15) is 14.7 Å². The van der Waals surface area contributed by atoms with Crippen LogP contribution in [0.25, 0.3) is 0 Å². The Morgan fingerprint density at radius 2 is 1.93 bits per heavy atom. The number of nitrogens with zero attached hydrogens (tertiary/aromatic N) is 1. The van der Waals surface area contributed by atoms with Gasteiger partial charge in [-0.05, 0) is 55.2 Å². The fourth-order valence-electron chi connectivity index (χ4n) is 3.26. The smallest absolute Gasteiger partial charge is 0.227 e. The van der Waals surface area contributed by atoms with Gasteiger partial charge in [0.15, 0.2) is 0 Å². The zero-order chi connectivity index (χ0) is 19.8. The molecule has 6 nitrogen and oxygen atoms in total. The van der Waals surface area contributed by atoms with Crippen LogP contribution in [0.4, 0.5) is 11.4 Å². The van der Waals surface area contributed by atoms with Crippen molar-refractivity contribution in [2.24, 2.45) is 0 Å². The molecule has 0 unspecified atom stereocenters. The van der Waals surface area contributed by atoms with E-state index in [1.807, 2.05) is 48.5 Å². The average molecular weight is 382 g/mol. The van der Waals surface area contributed by atoms with E-state index >= 15 is 0 Å². The summed E-state index contributed by atoms with van der Waals surface area (Å²) in [6.45, 7) is 0.761. The van der Waals surface area contributed by atoms with Crippen molar-refractivity contribution in [1.29, 1.82) is 0 Å². The number of unbranched alkanes of at least 4 members (excludes halogenated alkanes) is 1. The molecule has 6 heteroatoms. The highest BCUT2D eigenvalue weighted by molar-refractivity contribution is 5.94. The van der Waals surface area contributed by atoms with E-state index in [0.29, 0.717) is 32.4 Å². The molecule has 0 bridgehead atoms. The maximum absolute atomic E-state index is 12.5. The van der Waals surface area contributed by atoms with Crippen LogP contribution in [0.2, 0.25) is 0 Å². The minimum Gasteiger partial charge on any atom is -0.494 e. The number of fused-ring (bicyclic) bond motifs is 1. The summed E-state index contributed by atoms with van der Waals surface area (Å²) in [6, 6.07) is 15.1. The van der Waals surface area contributed by atoms with Crippen LogP contribution in [0.15, 0.2) is 48.5 Å². The second-order valence-corrected chi connectivity index (χ2v) is 6.78. The number of hydrogen-bond acceptors (Lipinski definition) is 4. The first-order valence-corrected chi connectivity index (χ1v) is 9.69. The lowest BCUT2D eigenvalue weighted by molar-refractivity contribution is -0.119. The lowest BCUT2D eigenvalue weighted by Gasteiger charge is -2.22. The second kappa shape index (κ2) is 9.90. The summed E-state index contributed by atoms with van der Waals surface area (Å²) in [5, 5.41) is 12.1. The SMILES string of the molecule is O=C1CCc2cc(OCCCCC(=O)N(CCO)c3ccccc3)ccc2N1. The molecule has 1 aliphatic heterocycles. The number of hydrogen-bond donors (Lipinski definition) is 2. The number of anilines is 2. The highest BCUT2D eigenvalue weighted by Crippen LogP contribution is 2.27. The minimum atomic E-state index is -0.0669. The summed E-state index contributed by atoms with van der Waals surface area (Å²) < 4.78 is 5.80. The number of amides is 2. The molecule has 0 fully saturated rings. The number of rotatable bonds is 9. The normalized spacial score (nSPS) is 12.8. The number of aryl methyl sites for hydroxylation is 1. The molecule has 1 aliphatic rings. The molecular weight excluding hydrogens is 356 g/mol. The third kappa shape index (κ3) is 5.33. The third-order valence-corrected chi connectivity index (χ3v) is 4.72. The van der Waals surface area contributed by atoms with Crippen molar-refractivity contribution in [1.82, 2.24) is 0 Å². The third-order valence-electron chi connectivity index (χ3n) is 4.72. The van der Waals surface area contributed by atoms with Crippen LogP contribution in [0.1, 0.15) is 31.2 Å². The van der Waals surface area contributed by atoms with Crippen molar-refractivity contribution >= 4 is 23.2 Å².